The van der Waals surface area contributed by atoms with E-state index in [-0.39, 0.29) is 18.4 Å². The molecule has 3 aliphatic rings. The molecule has 1 saturated heterocycles. The first kappa shape index (κ1) is 31.1. The molecule has 0 amide bonds. The number of unbranched alkanes of at least 4 members (excludes halogenated alkanes) is 3. The second-order valence-corrected chi connectivity index (χ2v) is 13.5. The fourth-order valence-electron chi connectivity index (χ4n) is 6.93. The van der Waals surface area contributed by atoms with Crippen LogP contribution in [0.5, 0.6) is 5.75 Å². The third-order valence-corrected chi connectivity index (χ3v) is 9.72. The first-order valence-electron chi connectivity index (χ1n) is 16.7. The zero-order chi connectivity index (χ0) is 29.5. The van der Waals surface area contributed by atoms with Crippen molar-refractivity contribution in [2.24, 2.45) is 23.7 Å². The second-order valence-electron chi connectivity index (χ2n) is 13.5. The molecule has 0 aromatic heterocycles. The van der Waals surface area contributed by atoms with E-state index in [9.17, 15) is 4.79 Å². The summed E-state index contributed by atoms with van der Waals surface area (Å²) < 4.78 is 24.5. The minimum absolute atomic E-state index is 0.00941. The highest BCUT2D eigenvalue weighted by Crippen LogP contribution is 2.40. The normalized spacial score (nSPS) is 27.7. The summed E-state index contributed by atoms with van der Waals surface area (Å²) in [7, 11) is 0. The maximum atomic E-state index is 13.0. The highest BCUT2D eigenvalue weighted by atomic mass is 16.7. The highest BCUT2D eigenvalue weighted by molar-refractivity contribution is 5.90. The number of carbonyl (C=O) groups excluding carboxylic acids is 1. The number of epoxide rings is 1. The van der Waals surface area contributed by atoms with Gasteiger partial charge in [0.2, 0.25) is 0 Å². The predicted octanol–water partition coefficient (Wildman–Crippen LogP) is 9.23. The largest absolute Gasteiger partial charge is 0.465 e. The summed E-state index contributed by atoms with van der Waals surface area (Å²) in [6.45, 7) is 9.72. The first-order chi connectivity index (χ1) is 20.4. The third kappa shape index (κ3) is 8.60. The standard InChI is InChI=1S/C37H52O5/c1-5-6-7-8-9-36(39-24-27-11-21-33-35(23-27)41-33)40-31-18-16-29(17-19-31)28-12-14-30(15-13-28)37(38)42-34-22-26(4)10-20-32(34)25(2)3/h12-19,25-27,32-36H,5-11,20-24H2,1-4H3. The van der Waals surface area contributed by atoms with Crippen LogP contribution in [0, 0.1) is 23.7 Å². The predicted molar refractivity (Wildman–Crippen MR) is 168 cm³/mol. The Morgan fingerprint density at radius 3 is 2.31 bits per heavy atom. The Hall–Kier alpha value is -2.37. The molecule has 2 saturated carbocycles. The van der Waals surface area contributed by atoms with Crippen molar-refractivity contribution in [2.75, 3.05) is 6.61 Å². The summed E-state index contributed by atoms with van der Waals surface area (Å²) in [5.41, 5.74) is 2.77. The van der Waals surface area contributed by atoms with Gasteiger partial charge in [-0.25, -0.2) is 4.79 Å². The van der Waals surface area contributed by atoms with Crippen molar-refractivity contribution in [1.82, 2.24) is 0 Å². The van der Waals surface area contributed by atoms with Crippen LogP contribution in [0.3, 0.4) is 0 Å². The number of hydrogen-bond donors (Lipinski definition) is 0. The number of carbonyl (C=O) groups is 1. The number of fused-ring (bicyclic) bond motifs is 1. The average Bonchev–Trinajstić information content (AvgIpc) is 3.77. The van der Waals surface area contributed by atoms with Gasteiger partial charge >= 0.3 is 5.97 Å². The summed E-state index contributed by atoms with van der Waals surface area (Å²) in [6.07, 6.45) is 13.3. The minimum atomic E-state index is -0.224. The van der Waals surface area contributed by atoms with Crippen LogP contribution in [0.25, 0.3) is 11.1 Å². The molecule has 0 spiro atoms. The maximum Gasteiger partial charge on any atom is 0.338 e. The minimum Gasteiger partial charge on any atom is -0.465 e. The second kappa shape index (κ2) is 14.9. The van der Waals surface area contributed by atoms with Gasteiger partial charge in [-0.3, -0.25) is 0 Å². The van der Waals surface area contributed by atoms with Crippen LogP contribution >= 0.6 is 0 Å². The van der Waals surface area contributed by atoms with Gasteiger partial charge in [0.1, 0.15) is 11.9 Å². The molecule has 3 fully saturated rings. The van der Waals surface area contributed by atoms with Crippen LogP contribution < -0.4 is 4.74 Å². The Balaban J connectivity index is 1.15. The van der Waals surface area contributed by atoms with Gasteiger partial charge in [-0.05, 0) is 97.6 Å². The zero-order valence-corrected chi connectivity index (χ0v) is 26.3. The van der Waals surface area contributed by atoms with Crippen molar-refractivity contribution in [3.63, 3.8) is 0 Å². The van der Waals surface area contributed by atoms with Gasteiger partial charge in [0.25, 0.3) is 0 Å². The van der Waals surface area contributed by atoms with Crippen LogP contribution in [-0.4, -0.2) is 37.2 Å². The van der Waals surface area contributed by atoms with E-state index in [1.807, 2.05) is 36.4 Å². The molecule has 7 atom stereocenters. The molecule has 1 heterocycles. The highest BCUT2D eigenvalue weighted by Gasteiger charge is 2.44. The first-order valence-corrected chi connectivity index (χ1v) is 16.7. The zero-order valence-electron chi connectivity index (χ0n) is 26.3. The quantitative estimate of drug-likeness (QED) is 0.0971. The number of benzene rings is 2. The lowest BCUT2D eigenvalue weighted by molar-refractivity contribution is -0.0988. The van der Waals surface area contributed by atoms with Crippen molar-refractivity contribution in [3.05, 3.63) is 54.1 Å². The summed E-state index contributed by atoms with van der Waals surface area (Å²) in [5, 5.41) is 0. The van der Waals surface area contributed by atoms with Gasteiger partial charge < -0.3 is 18.9 Å². The van der Waals surface area contributed by atoms with Gasteiger partial charge in [0.05, 0.1) is 24.4 Å². The lowest BCUT2D eigenvalue weighted by Gasteiger charge is -2.36. The summed E-state index contributed by atoms with van der Waals surface area (Å²) in [5.74, 6) is 2.75. The molecule has 7 unspecified atom stereocenters. The van der Waals surface area contributed by atoms with Crippen molar-refractivity contribution in [1.29, 1.82) is 0 Å². The number of rotatable bonds is 14. The lowest BCUT2D eigenvalue weighted by atomic mass is 9.75. The van der Waals surface area contributed by atoms with E-state index in [4.69, 9.17) is 18.9 Å². The molecule has 0 N–H and O–H groups in total. The monoisotopic (exact) mass is 576 g/mol. The molecule has 2 aromatic carbocycles. The van der Waals surface area contributed by atoms with E-state index < -0.39 is 0 Å². The molecule has 2 aromatic rings. The Morgan fingerprint density at radius 2 is 1.62 bits per heavy atom. The van der Waals surface area contributed by atoms with Crippen LogP contribution in [0.2, 0.25) is 0 Å². The summed E-state index contributed by atoms with van der Waals surface area (Å²) in [6, 6.07) is 16.0. The molecular formula is C37H52O5. The van der Waals surface area contributed by atoms with Crippen LogP contribution in [0.4, 0.5) is 0 Å². The Labute approximate surface area is 253 Å². The topological polar surface area (TPSA) is 57.3 Å². The number of hydrogen-bond acceptors (Lipinski definition) is 5. The van der Waals surface area contributed by atoms with Crippen LogP contribution in [0.15, 0.2) is 48.5 Å². The van der Waals surface area contributed by atoms with Gasteiger partial charge in [0.15, 0.2) is 6.29 Å². The van der Waals surface area contributed by atoms with Gasteiger partial charge in [-0.2, -0.15) is 0 Å². The van der Waals surface area contributed by atoms with Crippen molar-refractivity contribution < 1.29 is 23.7 Å². The maximum absolute atomic E-state index is 13.0. The van der Waals surface area contributed by atoms with Crippen LogP contribution in [0.1, 0.15) is 109 Å². The van der Waals surface area contributed by atoms with E-state index in [2.05, 4.69) is 39.8 Å². The summed E-state index contributed by atoms with van der Waals surface area (Å²) in [4.78, 5) is 13.0. The fraction of sp³-hybridized carbons (Fsp3) is 0.649. The molecule has 230 valence electrons. The van der Waals surface area contributed by atoms with E-state index in [0.717, 1.165) is 55.6 Å². The average molecular weight is 577 g/mol. The Morgan fingerprint density at radius 1 is 0.881 bits per heavy atom. The molecule has 5 rings (SSSR count). The van der Waals surface area contributed by atoms with Gasteiger partial charge in [-0.1, -0.05) is 77.6 Å². The van der Waals surface area contributed by atoms with Crippen molar-refractivity contribution >= 4 is 5.97 Å². The molecule has 2 aliphatic carbocycles. The van der Waals surface area contributed by atoms with E-state index >= 15 is 0 Å². The van der Waals surface area contributed by atoms with Crippen molar-refractivity contribution in [2.45, 2.75) is 123 Å². The molecule has 0 radical (unpaired) electrons. The molecular weight excluding hydrogens is 524 g/mol. The number of esters is 1. The van der Waals surface area contributed by atoms with E-state index in [1.54, 1.807) is 0 Å². The fourth-order valence-corrected chi connectivity index (χ4v) is 6.93. The molecule has 1 aliphatic heterocycles. The smallest absolute Gasteiger partial charge is 0.338 e. The summed E-state index contributed by atoms with van der Waals surface area (Å²) >= 11 is 0. The molecule has 5 heteroatoms. The van der Waals surface area contributed by atoms with Crippen LogP contribution in [-0.2, 0) is 14.2 Å². The van der Waals surface area contributed by atoms with E-state index in [0.29, 0.717) is 41.4 Å². The third-order valence-electron chi connectivity index (χ3n) is 9.72. The number of ether oxygens (including phenoxy) is 4. The van der Waals surface area contributed by atoms with E-state index in [1.165, 1.54) is 38.5 Å². The molecule has 5 nitrogen and oxygen atoms in total. The SMILES string of the molecule is CCCCCCC(OCC1CCC2OC2C1)Oc1ccc(-c2ccc(C(=O)OC3CC(C)CCC3C(C)C)cc2)cc1. The van der Waals surface area contributed by atoms with Gasteiger partial charge in [0, 0.05) is 6.42 Å². The lowest BCUT2D eigenvalue weighted by Crippen LogP contribution is -2.35. The van der Waals surface area contributed by atoms with Gasteiger partial charge in [-0.15, -0.1) is 0 Å². The Kier molecular flexibility index (Phi) is 11.0. The molecule has 42 heavy (non-hydrogen) atoms. The molecule has 0 bridgehead atoms. The Bertz CT molecular complexity index is 1110. The van der Waals surface area contributed by atoms with Crippen molar-refractivity contribution in [3.8, 4) is 16.9 Å².